The van der Waals surface area contributed by atoms with Gasteiger partial charge in [-0.05, 0) is 17.5 Å². The van der Waals surface area contributed by atoms with Gasteiger partial charge in [-0.15, -0.1) is 0 Å². The van der Waals surface area contributed by atoms with Gasteiger partial charge in [-0.2, -0.15) is 0 Å². The minimum Gasteiger partial charge on any atom is -0.384 e. The van der Waals surface area contributed by atoms with Crippen LogP contribution in [-0.2, 0) is 4.74 Å². The molecule has 2 rings (SSSR count). The van der Waals surface area contributed by atoms with Gasteiger partial charge in [0.15, 0.2) is 0 Å². The lowest BCUT2D eigenvalue weighted by atomic mass is 10.2. The van der Waals surface area contributed by atoms with Crippen LogP contribution in [0.5, 0.6) is 0 Å². The Morgan fingerprint density at radius 2 is 2.21 bits per heavy atom. The highest BCUT2D eigenvalue weighted by Crippen LogP contribution is 2.19. The number of para-hydroxylation sites is 1. The van der Waals surface area contributed by atoms with Gasteiger partial charge >= 0.3 is 0 Å². The lowest BCUT2D eigenvalue weighted by molar-refractivity contribution is 0.0622. The number of hydrogen-bond donors (Lipinski definition) is 2. The molecule has 3 nitrogen and oxygen atoms in total. The molecule has 0 radical (unpaired) electrons. The number of aliphatic hydroxyl groups is 1. The normalized spacial score (nSPS) is 13.3. The Hall–Kier alpha value is -1.32. The van der Waals surface area contributed by atoms with E-state index in [9.17, 15) is 5.11 Å². The van der Waals surface area contributed by atoms with Crippen molar-refractivity contribution >= 4 is 10.9 Å². The van der Waals surface area contributed by atoms with Gasteiger partial charge in [0, 0.05) is 18.3 Å². The molecular formula is C11H13NO2. The van der Waals surface area contributed by atoms with Gasteiger partial charge < -0.3 is 14.8 Å². The number of benzene rings is 1. The molecule has 74 valence electrons. The van der Waals surface area contributed by atoms with Crippen LogP contribution in [0.25, 0.3) is 10.9 Å². The van der Waals surface area contributed by atoms with Gasteiger partial charge in [0.25, 0.3) is 0 Å². The van der Waals surface area contributed by atoms with E-state index in [1.54, 1.807) is 7.11 Å². The molecular weight excluding hydrogens is 178 g/mol. The number of rotatable bonds is 3. The largest absolute Gasteiger partial charge is 0.384 e. The fraction of sp³-hybridized carbons (Fsp3) is 0.273. The van der Waals surface area contributed by atoms with E-state index in [0.717, 1.165) is 16.6 Å². The predicted molar refractivity (Wildman–Crippen MR) is 55.1 cm³/mol. The Labute approximate surface area is 82.3 Å². The first-order valence-electron chi connectivity index (χ1n) is 4.56. The summed E-state index contributed by atoms with van der Waals surface area (Å²) in [4.78, 5) is 3.15. The molecule has 1 unspecified atom stereocenters. The Morgan fingerprint density at radius 1 is 1.43 bits per heavy atom. The average molecular weight is 191 g/mol. The first-order chi connectivity index (χ1) is 6.81. The van der Waals surface area contributed by atoms with Gasteiger partial charge in [0.05, 0.1) is 6.61 Å². The molecule has 0 aliphatic heterocycles. The summed E-state index contributed by atoms with van der Waals surface area (Å²) in [6.07, 6.45) is -0.576. The van der Waals surface area contributed by atoms with E-state index in [4.69, 9.17) is 4.74 Å². The zero-order valence-electron chi connectivity index (χ0n) is 8.03. The van der Waals surface area contributed by atoms with Crippen LogP contribution < -0.4 is 0 Å². The fourth-order valence-corrected chi connectivity index (χ4v) is 1.52. The quantitative estimate of drug-likeness (QED) is 0.777. The van der Waals surface area contributed by atoms with Crippen LogP contribution >= 0.6 is 0 Å². The van der Waals surface area contributed by atoms with Gasteiger partial charge in [-0.1, -0.05) is 18.2 Å². The maximum absolute atomic E-state index is 9.67. The molecule has 3 heteroatoms. The molecule has 0 aliphatic carbocycles. The number of methoxy groups -OCH3 is 1. The van der Waals surface area contributed by atoms with E-state index >= 15 is 0 Å². The molecule has 0 amide bonds. The van der Waals surface area contributed by atoms with Gasteiger partial charge in [-0.3, -0.25) is 0 Å². The Morgan fingerprint density at radius 3 is 2.93 bits per heavy atom. The average Bonchev–Trinajstić information content (AvgIpc) is 2.61. The summed E-state index contributed by atoms with van der Waals surface area (Å²) in [7, 11) is 1.58. The van der Waals surface area contributed by atoms with Crippen LogP contribution in [-0.4, -0.2) is 23.8 Å². The van der Waals surface area contributed by atoms with Crippen molar-refractivity contribution in [2.45, 2.75) is 6.10 Å². The Kier molecular flexibility index (Phi) is 2.52. The minimum absolute atomic E-state index is 0.312. The van der Waals surface area contributed by atoms with E-state index in [0.29, 0.717) is 6.61 Å². The molecule has 14 heavy (non-hydrogen) atoms. The Bertz CT molecular complexity index is 389. The lowest BCUT2D eigenvalue weighted by Gasteiger charge is -2.05. The molecule has 0 spiro atoms. The van der Waals surface area contributed by atoms with Crippen molar-refractivity contribution in [2.75, 3.05) is 13.7 Å². The SMILES string of the molecule is COCC(O)c1cc2ccccc2[nH]1. The first-order valence-corrected chi connectivity index (χ1v) is 4.56. The predicted octanol–water partition coefficient (Wildman–Crippen LogP) is 1.85. The van der Waals surface area contributed by atoms with Crippen molar-refractivity contribution in [3.05, 3.63) is 36.0 Å². The third kappa shape index (κ3) is 1.64. The van der Waals surface area contributed by atoms with Gasteiger partial charge in [0.2, 0.25) is 0 Å². The third-order valence-corrected chi connectivity index (χ3v) is 2.23. The standard InChI is InChI=1S/C11H13NO2/c1-14-7-11(13)10-6-8-4-2-3-5-9(8)12-10/h2-6,11-13H,7H2,1H3. The number of aromatic amines is 1. The van der Waals surface area contributed by atoms with E-state index < -0.39 is 6.10 Å². The number of ether oxygens (including phenoxy) is 1. The van der Waals surface area contributed by atoms with E-state index in [2.05, 4.69) is 4.98 Å². The second-order valence-electron chi connectivity index (χ2n) is 3.28. The number of H-pyrrole nitrogens is 1. The van der Waals surface area contributed by atoms with Gasteiger partial charge in [-0.25, -0.2) is 0 Å². The number of hydrogen-bond acceptors (Lipinski definition) is 2. The number of fused-ring (bicyclic) bond motifs is 1. The zero-order chi connectivity index (χ0) is 9.97. The molecule has 0 aliphatic rings. The van der Waals surface area contributed by atoms with Crippen LogP contribution in [0.3, 0.4) is 0 Å². The van der Waals surface area contributed by atoms with Crippen LogP contribution in [0.1, 0.15) is 11.8 Å². The third-order valence-electron chi connectivity index (χ3n) is 2.23. The molecule has 0 bridgehead atoms. The summed E-state index contributed by atoms with van der Waals surface area (Å²) in [5.41, 5.74) is 1.84. The van der Waals surface area contributed by atoms with Crippen molar-refractivity contribution in [1.82, 2.24) is 4.98 Å². The van der Waals surface area contributed by atoms with Crippen LogP contribution in [0.4, 0.5) is 0 Å². The maximum atomic E-state index is 9.67. The van der Waals surface area contributed by atoms with Crippen molar-refractivity contribution in [2.24, 2.45) is 0 Å². The number of aromatic nitrogens is 1. The van der Waals surface area contributed by atoms with Crippen LogP contribution in [0, 0.1) is 0 Å². The second kappa shape index (κ2) is 3.82. The van der Waals surface area contributed by atoms with Crippen molar-refractivity contribution in [3.8, 4) is 0 Å². The Balaban J connectivity index is 2.35. The topological polar surface area (TPSA) is 45.2 Å². The van der Waals surface area contributed by atoms with Crippen LogP contribution in [0.2, 0.25) is 0 Å². The van der Waals surface area contributed by atoms with Crippen molar-refractivity contribution in [1.29, 1.82) is 0 Å². The molecule has 0 saturated carbocycles. The summed E-state index contributed by atoms with van der Waals surface area (Å²) in [6.45, 7) is 0.312. The molecule has 0 saturated heterocycles. The summed E-state index contributed by atoms with van der Waals surface area (Å²) in [6, 6.07) is 9.88. The first kappa shape index (κ1) is 9.24. The summed E-state index contributed by atoms with van der Waals surface area (Å²) < 4.78 is 4.88. The van der Waals surface area contributed by atoms with E-state index in [1.165, 1.54) is 0 Å². The minimum atomic E-state index is -0.576. The second-order valence-corrected chi connectivity index (χ2v) is 3.28. The molecule has 2 aromatic rings. The molecule has 1 aromatic carbocycles. The highest BCUT2D eigenvalue weighted by molar-refractivity contribution is 5.80. The van der Waals surface area contributed by atoms with Crippen molar-refractivity contribution < 1.29 is 9.84 Å². The monoisotopic (exact) mass is 191 g/mol. The smallest absolute Gasteiger partial charge is 0.117 e. The molecule has 1 atom stereocenters. The highest BCUT2D eigenvalue weighted by atomic mass is 16.5. The summed E-state index contributed by atoms with van der Waals surface area (Å²) >= 11 is 0. The van der Waals surface area contributed by atoms with Gasteiger partial charge in [0.1, 0.15) is 6.10 Å². The highest BCUT2D eigenvalue weighted by Gasteiger charge is 2.09. The van der Waals surface area contributed by atoms with Crippen molar-refractivity contribution in [3.63, 3.8) is 0 Å². The maximum Gasteiger partial charge on any atom is 0.117 e. The van der Waals surface area contributed by atoms with E-state index in [1.807, 2.05) is 30.3 Å². The lowest BCUT2D eigenvalue weighted by Crippen LogP contribution is -2.04. The molecule has 1 heterocycles. The summed E-state index contributed by atoms with van der Waals surface area (Å²) in [5, 5.41) is 10.8. The fourth-order valence-electron chi connectivity index (χ4n) is 1.52. The summed E-state index contributed by atoms with van der Waals surface area (Å²) in [5.74, 6) is 0. The molecule has 1 aromatic heterocycles. The van der Waals surface area contributed by atoms with Crippen LogP contribution in [0.15, 0.2) is 30.3 Å². The number of aliphatic hydroxyl groups excluding tert-OH is 1. The molecule has 0 fully saturated rings. The van der Waals surface area contributed by atoms with E-state index in [-0.39, 0.29) is 0 Å². The molecule has 2 N–H and O–H groups in total. The zero-order valence-corrected chi connectivity index (χ0v) is 8.03. The number of nitrogens with one attached hydrogen (secondary N) is 1.